The molecule has 0 aliphatic carbocycles. The first-order valence-electron chi connectivity index (χ1n) is 6.40. The van der Waals surface area contributed by atoms with Crippen LogP contribution in [0.25, 0.3) is 10.9 Å². The fourth-order valence-electron chi connectivity index (χ4n) is 2.25. The minimum atomic E-state index is -0.169. The largest absolute Gasteiger partial charge is 0.373 e. The molecule has 0 saturated carbocycles. The molecular formula is C15H20FNO. The van der Waals surface area contributed by atoms with Crippen LogP contribution in [0.4, 0.5) is 4.39 Å². The van der Waals surface area contributed by atoms with Gasteiger partial charge in [-0.15, -0.1) is 0 Å². The molecule has 0 bridgehead atoms. The Kier molecular flexibility index (Phi) is 3.71. The van der Waals surface area contributed by atoms with Crippen molar-refractivity contribution in [1.29, 1.82) is 0 Å². The summed E-state index contributed by atoms with van der Waals surface area (Å²) in [6, 6.07) is 7.42. The van der Waals surface area contributed by atoms with E-state index in [1.54, 1.807) is 6.07 Å². The standard InChI is InChI=1S/C15H20FNO/c1-10(2)17-13(9-18-11(3)4)8-12-6-5-7-14(16)15(12)17/h5-8,10-11H,9H2,1-4H3. The van der Waals surface area contributed by atoms with Gasteiger partial charge in [0, 0.05) is 17.1 Å². The lowest BCUT2D eigenvalue weighted by molar-refractivity contribution is 0.0615. The zero-order valence-electron chi connectivity index (χ0n) is 11.4. The summed E-state index contributed by atoms with van der Waals surface area (Å²) in [4.78, 5) is 0. The van der Waals surface area contributed by atoms with E-state index in [4.69, 9.17) is 4.74 Å². The molecule has 0 N–H and O–H groups in total. The summed E-state index contributed by atoms with van der Waals surface area (Å²) in [5.74, 6) is -0.169. The van der Waals surface area contributed by atoms with Gasteiger partial charge in [-0.3, -0.25) is 0 Å². The van der Waals surface area contributed by atoms with E-state index < -0.39 is 0 Å². The summed E-state index contributed by atoms with van der Waals surface area (Å²) < 4.78 is 21.6. The van der Waals surface area contributed by atoms with Crippen molar-refractivity contribution >= 4 is 10.9 Å². The molecule has 0 aliphatic rings. The Hall–Kier alpha value is -1.35. The first kappa shape index (κ1) is 13.1. The molecule has 0 radical (unpaired) electrons. The van der Waals surface area contributed by atoms with Crippen LogP contribution in [-0.2, 0) is 11.3 Å². The van der Waals surface area contributed by atoms with Gasteiger partial charge >= 0.3 is 0 Å². The summed E-state index contributed by atoms with van der Waals surface area (Å²) in [5.41, 5.74) is 1.70. The van der Waals surface area contributed by atoms with Gasteiger partial charge < -0.3 is 9.30 Å². The highest BCUT2D eigenvalue weighted by atomic mass is 19.1. The molecule has 0 unspecified atom stereocenters. The van der Waals surface area contributed by atoms with E-state index in [9.17, 15) is 4.39 Å². The van der Waals surface area contributed by atoms with Gasteiger partial charge in [0.05, 0.1) is 18.2 Å². The molecule has 2 aromatic rings. The molecule has 2 nitrogen and oxygen atoms in total. The number of ether oxygens (including phenoxy) is 1. The lowest BCUT2D eigenvalue weighted by Gasteiger charge is -2.16. The highest BCUT2D eigenvalue weighted by Gasteiger charge is 2.14. The molecule has 0 aliphatic heterocycles. The number of fused-ring (bicyclic) bond motifs is 1. The van der Waals surface area contributed by atoms with Crippen molar-refractivity contribution in [2.45, 2.75) is 46.4 Å². The number of halogens is 1. The van der Waals surface area contributed by atoms with Crippen molar-refractivity contribution in [2.75, 3.05) is 0 Å². The van der Waals surface area contributed by atoms with Crippen molar-refractivity contribution in [1.82, 2.24) is 4.57 Å². The van der Waals surface area contributed by atoms with Crippen LogP contribution < -0.4 is 0 Å². The number of hydrogen-bond acceptors (Lipinski definition) is 1. The van der Waals surface area contributed by atoms with Crippen molar-refractivity contribution in [3.8, 4) is 0 Å². The maximum atomic E-state index is 14.0. The molecular weight excluding hydrogens is 229 g/mol. The van der Waals surface area contributed by atoms with E-state index >= 15 is 0 Å². The molecule has 1 aromatic heterocycles. The molecule has 0 fully saturated rings. The molecule has 0 saturated heterocycles. The van der Waals surface area contributed by atoms with Gasteiger partial charge in [-0.1, -0.05) is 12.1 Å². The molecule has 2 rings (SSSR count). The first-order chi connectivity index (χ1) is 8.50. The predicted octanol–water partition coefficient (Wildman–Crippen LogP) is 4.29. The van der Waals surface area contributed by atoms with E-state index in [2.05, 4.69) is 13.8 Å². The normalized spacial score (nSPS) is 11.9. The number of benzene rings is 1. The van der Waals surface area contributed by atoms with Crippen LogP contribution in [0.15, 0.2) is 24.3 Å². The van der Waals surface area contributed by atoms with Gasteiger partial charge in [0.15, 0.2) is 0 Å². The van der Waals surface area contributed by atoms with E-state index in [0.29, 0.717) is 12.1 Å². The Bertz CT molecular complexity index is 543. The quantitative estimate of drug-likeness (QED) is 0.788. The maximum Gasteiger partial charge on any atom is 0.147 e. The van der Waals surface area contributed by atoms with Crippen LogP contribution in [0, 0.1) is 5.82 Å². The van der Waals surface area contributed by atoms with E-state index in [-0.39, 0.29) is 18.0 Å². The average Bonchev–Trinajstić information content (AvgIpc) is 2.66. The van der Waals surface area contributed by atoms with Crippen molar-refractivity contribution in [2.24, 2.45) is 0 Å². The zero-order chi connectivity index (χ0) is 13.3. The SMILES string of the molecule is CC(C)OCc1cc2cccc(F)c2n1C(C)C. The lowest BCUT2D eigenvalue weighted by atomic mass is 10.2. The molecule has 18 heavy (non-hydrogen) atoms. The Morgan fingerprint density at radius 1 is 1.22 bits per heavy atom. The monoisotopic (exact) mass is 249 g/mol. The molecule has 0 amide bonds. The molecule has 3 heteroatoms. The number of nitrogens with zero attached hydrogens (tertiary/aromatic N) is 1. The molecule has 0 atom stereocenters. The summed E-state index contributed by atoms with van der Waals surface area (Å²) in [6.45, 7) is 8.64. The molecule has 0 spiro atoms. The second kappa shape index (κ2) is 5.11. The van der Waals surface area contributed by atoms with Gasteiger partial charge in [-0.2, -0.15) is 0 Å². The summed E-state index contributed by atoms with van der Waals surface area (Å²) in [5, 5.41) is 0.936. The van der Waals surface area contributed by atoms with Crippen LogP contribution in [0.5, 0.6) is 0 Å². The van der Waals surface area contributed by atoms with Gasteiger partial charge in [-0.25, -0.2) is 4.39 Å². The van der Waals surface area contributed by atoms with Crippen LogP contribution in [0.1, 0.15) is 39.4 Å². The molecule has 1 heterocycles. The zero-order valence-corrected chi connectivity index (χ0v) is 11.4. The summed E-state index contributed by atoms with van der Waals surface area (Å²) >= 11 is 0. The minimum Gasteiger partial charge on any atom is -0.373 e. The van der Waals surface area contributed by atoms with E-state index in [0.717, 1.165) is 11.1 Å². The first-order valence-corrected chi connectivity index (χ1v) is 6.40. The number of para-hydroxylation sites is 1. The van der Waals surface area contributed by atoms with E-state index in [1.807, 2.05) is 30.5 Å². The van der Waals surface area contributed by atoms with Crippen LogP contribution in [0.2, 0.25) is 0 Å². The molecule has 1 aromatic carbocycles. The van der Waals surface area contributed by atoms with Crippen LogP contribution in [0.3, 0.4) is 0 Å². The van der Waals surface area contributed by atoms with Crippen molar-refractivity contribution in [3.63, 3.8) is 0 Å². The Morgan fingerprint density at radius 3 is 2.56 bits per heavy atom. The number of rotatable bonds is 4. The second-order valence-corrected chi connectivity index (χ2v) is 5.14. The van der Waals surface area contributed by atoms with Crippen molar-refractivity contribution < 1.29 is 9.13 Å². The maximum absolute atomic E-state index is 14.0. The third kappa shape index (κ3) is 2.41. The Labute approximate surface area is 107 Å². The van der Waals surface area contributed by atoms with Gasteiger partial charge in [0.1, 0.15) is 5.82 Å². The fourth-order valence-corrected chi connectivity index (χ4v) is 2.25. The summed E-state index contributed by atoms with van der Waals surface area (Å²) in [6.07, 6.45) is 0.175. The van der Waals surface area contributed by atoms with Crippen LogP contribution in [-0.4, -0.2) is 10.7 Å². The third-order valence-corrected chi connectivity index (χ3v) is 2.97. The van der Waals surface area contributed by atoms with Crippen LogP contribution >= 0.6 is 0 Å². The topological polar surface area (TPSA) is 14.2 Å². The smallest absolute Gasteiger partial charge is 0.147 e. The minimum absolute atomic E-state index is 0.169. The average molecular weight is 249 g/mol. The van der Waals surface area contributed by atoms with Gasteiger partial charge in [-0.05, 0) is 39.8 Å². The Balaban J connectivity index is 2.52. The summed E-state index contributed by atoms with van der Waals surface area (Å²) in [7, 11) is 0. The number of aromatic nitrogens is 1. The van der Waals surface area contributed by atoms with Gasteiger partial charge in [0.2, 0.25) is 0 Å². The van der Waals surface area contributed by atoms with E-state index in [1.165, 1.54) is 6.07 Å². The fraction of sp³-hybridized carbons (Fsp3) is 0.467. The van der Waals surface area contributed by atoms with Crippen molar-refractivity contribution in [3.05, 3.63) is 35.8 Å². The highest BCUT2D eigenvalue weighted by Crippen LogP contribution is 2.27. The predicted molar refractivity (Wildman–Crippen MR) is 72.2 cm³/mol. The lowest BCUT2D eigenvalue weighted by Crippen LogP contribution is -2.10. The van der Waals surface area contributed by atoms with Gasteiger partial charge in [0.25, 0.3) is 0 Å². The second-order valence-electron chi connectivity index (χ2n) is 5.14. The molecule has 98 valence electrons. The number of hydrogen-bond donors (Lipinski definition) is 0. The third-order valence-electron chi connectivity index (χ3n) is 2.97. The Morgan fingerprint density at radius 2 is 1.94 bits per heavy atom. The highest BCUT2D eigenvalue weighted by molar-refractivity contribution is 5.82.